The molecule has 0 atom stereocenters. The van der Waals surface area contributed by atoms with Gasteiger partial charge in [0.2, 0.25) is 0 Å². The molecule has 6 heavy (non-hydrogen) atoms. The van der Waals surface area contributed by atoms with Crippen LogP contribution < -0.4 is 0 Å². The molecule has 0 spiro atoms. The van der Waals surface area contributed by atoms with Crippen molar-refractivity contribution < 1.29 is 0 Å². The molecule has 0 aliphatic carbocycles. The molecule has 0 amide bonds. The fourth-order valence-corrected chi connectivity index (χ4v) is 0.462. The topological polar surface area (TPSA) is 33.6 Å². The maximum atomic E-state index is 3.86. The Kier molecular flexibility index (Phi) is 0.498. The normalized spacial score (nSPS) is 9.67. The molecule has 3 nitrogen and oxygen atoms in total. The second-order valence-corrected chi connectivity index (χ2v) is 1.32. The summed E-state index contributed by atoms with van der Waals surface area (Å²) in [6.07, 6.45) is 0. The number of rotatable bonds is 0. The summed E-state index contributed by atoms with van der Waals surface area (Å²) in [6, 6.07) is 0. The lowest BCUT2D eigenvalue weighted by atomic mass is 10.7. The molecular formula is C3H7N3. The highest BCUT2D eigenvalue weighted by Gasteiger charge is 1.84. The third-order valence-electron chi connectivity index (χ3n) is 0.624. The first-order valence-electron chi connectivity index (χ1n) is 1.84. The largest absolute Gasteiger partial charge is 0.268 e. The van der Waals surface area contributed by atoms with E-state index in [2.05, 4.69) is 10.2 Å². The van der Waals surface area contributed by atoms with E-state index in [1.807, 2.05) is 14.0 Å². The van der Waals surface area contributed by atoms with E-state index in [0.29, 0.717) is 0 Å². The van der Waals surface area contributed by atoms with Crippen molar-refractivity contribution in [3.63, 3.8) is 0 Å². The van der Waals surface area contributed by atoms with Gasteiger partial charge in [0.1, 0.15) is 5.82 Å². The molecule has 34 valence electrons. The van der Waals surface area contributed by atoms with Crippen molar-refractivity contribution in [3.8, 4) is 0 Å². The Labute approximate surface area is 35.9 Å². The Morgan fingerprint density at radius 2 is 2.33 bits per heavy atom. The first-order valence-corrected chi connectivity index (χ1v) is 1.84. The van der Waals surface area contributed by atoms with Crippen LogP contribution in [0, 0.1) is 6.92 Å². The predicted octanol–water partition coefficient (Wildman–Crippen LogP) is 0.0566. The summed E-state index contributed by atoms with van der Waals surface area (Å²) in [7, 11) is 1.85. The molecule has 0 aliphatic rings. The van der Waals surface area contributed by atoms with E-state index < -0.39 is 0 Å². The lowest BCUT2D eigenvalue weighted by Gasteiger charge is -2.02. The van der Waals surface area contributed by atoms with E-state index in [-0.39, 0.29) is 0 Å². The molecule has 0 fully saturated rings. The van der Waals surface area contributed by atoms with Crippen molar-refractivity contribution in [3.05, 3.63) is 5.82 Å². The second-order valence-electron chi connectivity index (χ2n) is 1.32. The van der Waals surface area contributed by atoms with Gasteiger partial charge in [0.05, 0.1) is 0 Å². The van der Waals surface area contributed by atoms with E-state index in [1.54, 1.807) is 4.80 Å². The van der Waals surface area contributed by atoms with Gasteiger partial charge in [0.25, 0.3) is 0 Å². The van der Waals surface area contributed by atoms with Crippen molar-refractivity contribution in [2.24, 2.45) is 7.05 Å². The molecule has 1 N–H and O–H groups in total. The summed E-state index contributed by atoms with van der Waals surface area (Å²) in [5, 5.41) is 6.75. The molecule has 0 saturated heterocycles. The number of aryl methyl sites for hydroxylation is 2. The van der Waals surface area contributed by atoms with E-state index in [4.69, 9.17) is 0 Å². The zero-order valence-electron chi connectivity index (χ0n) is 3.89. The predicted molar refractivity (Wildman–Crippen MR) is 22.3 cm³/mol. The van der Waals surface area contributed by atoms with Gasteiger partial charge in [-0.3, -0.25) is 5.10 Å². The molecule has 0 saturated carbocycles. The highest BCUT2D eigenvalue weighted by atomic mass is 15.5. The minimum absolute atomic E-state index is 0.984. The quantitative estimate of drug-likeness (QED) is 0.474. The molecule has 0 unspecified atom stereocenters. The minimum Gasteiger partial charge on any atom is -0.268 e. The Hall–Kier alpha value is -0.730. The number of H-pyrrole nitrogens is 1. The van der Waals surface area contributed by atoms with Gasteiger partial charge in [-0.2, -0.15) is 0 Å². The average Bonchev–Trinajstić information content (AvgIpc) is 1.33. The molecule has 0 aliphatic heterocycles. The molecule has 1 rings (SSSR count). The van der Waals surface area contributed by atoms with E-state index in [1.165, 1.54) is 0 Å². The van der Waals surface area contributed by atoms with Crippen LogP contribution in [0.3, 0.4) is 0 Å². The van der Waals surface area contributed by atoms with Gasteiger partial charge in [-0.25, -0.2) is 4.80 Å². The van der Waals surface area contributed by atoms with Crippen LogP contribution >= 0.6 is 0 Å². The molecule has 3 heteroatoms. The van der Waals surface area contributed by atoms with Crippen molar-refractivity contribution in [2.45, 2.75) is 6.92 Å². The molecule has 1 aromatic heterocycles. The van der Waals surface area contributed by atoms with Crippen LogP contribution in [0.4, 0.5) is 0 Å². The summed E-state index contributed by atoms with van der Waals surface area (Å²) in [6.45, 7) is 1.92. The summed E-state index contributed by atoms with van der Waals surface area (Å²) >= 11 is 0. The van der Waals surface area contributed by atoms with Crippen molar-refractivity contribution >= 4 is 0 Å². The number of nitrogens with one attached hydrogen (secondary N) is 1. The van der Waals surface area contributed by atoms with Crippen LogP contribution in [0.5, 0.6) is 0 Å². The number of hydrogen-bond donors (Lipinski definition) is 1. The number of nitrogens with zero attached hydrogens (tertiary/aromatic N) is 2. The first-order chi connectivity index (χ1) is 2.79. The van der Waals surface area contributed by atoms with Crippen LogP contribution in [-0.4, -0.2) is 15.0 Å². The lowest BCUT2D eigenvalue weighted by Crippen LogP contribution is -2.11. The van der Waals surface area contributed by atoms with Gasteiger partial charge >= 0.3 is 0 Å². The Balaban J connectivity index is 2.77. The maximum Gasteiger partial charge on any atom is 0.141 e. The summed E-state index contributed by atoms with van der Waals surface area (Å²) in [4.78, 5) is 1.66. The molecule has 0 bridgehead atoms. The molecule has 1 heterocycles. The lowest BCUT2D eigenvalue weighted by molar-refractivity contribution is 0.516. The zero-order chi connectivity index (χ0) is 4.57. The zero-order valence-corrected chi connectivity index (χ0v) is 3.89. The van der Waals surface area contributed by atoms with Gasteiger partial charge in [0.15, 0.2) is 0 Å². The van der Waals surface area contributed by atoms with Gasteiger partial charge < -0.3 is 0 Å². The highest BCUT2D eigenvalue weighted by Crippen LogP contribution is 1.78. The van der Waals surface area contributed by atoms with Crippen LogP contribution in [0.25, 0.3) is 0 Å². The Morgan fingerprint density at radius 3 is 2.33 bits per heavy atom. The van der Waals surface area contributed by atoms with Gasteiger partial charge in [-0.1, -0.05) is 0 Å². The summed E-state index contributed by atoms with van der Waals surface area (Å²) in [5.41, 5.74) is 0. The SMILES string of the molecule is Cc1nn(C)[nH]1. The third kappa shape index (κ3) is 0.319. The Bertz CT molecular complexity index is 104. The van der Waals surface area contributed by atoms with Crippen molar-refractivity contribution in [1.82, 2.24) is 15.0 Å². The molecule has 0 radical (unpaired) electrons. The second kappa shape index (κ2) is 0.864. The molecule has 0 aromatic carbocycles. The first kappa shape index (κ1) is 3.46. The highest BCUT2D eigenvalue weighted by molar-refractivity contribution is 4.69. The van der Waals surface area contributed by atoms with E-state index in [9.17, 15) is 0 Å². The standard InChI is InChI=1S/C3H7N3/c1-3-4-6(2)5-3/h1-2H3,(H,4,5). The van der Waals surface area contributed by atoms with Gasteiger partial charge in [0, 0.05) is 7.05 Å². The van der Waals surface area contributed by atoms with Crippen LogP contribution in [0.1, 0.15) is 5.82 Å². The fourth-order valence-electron chi connectivity index (χ4n) is 0.462. The monoisotopic (exact) mass is 85.1 g/mol. The van der Waals surface area contributed by atoms with Crippen LogP contribution in [0.15, 0.2) is 0 Å². The molecule has 1 aromatic rings. The molecular weight excluding hydrogens is 78.1 g/mol. The smallest absolute Gasteiger partial charge is 0.141 e. The Morgan fingerprint density at radius 1 is 1.83 bits per heavy atom. The van der Waals surface area contributed by atoms with Crippen molar-refractivity contribution in [2.75, 3.05) is 0 Å². The minimum atomic E-state index is 0.984. The summed E-state index contributed by atoms with van der Waals surface area (Å²) < 4.78 is 0. The number of hydrogen-bond acceptors (Lipinski definition) is 1. The van der Waals surface area contributed by atoms with Gasteiger partial charge in [-0.05, 0) is 6.92 Å². The van der Waals surface area contributed by atoms with Crippen molar-refractivity contribution in [1.29, 1.82) is 0 Å². The maximum absolute atomic E-state index is 3.86. The van der Waals surface area contributed by atoms with E-state index in [0.717, 1.165) is 5.82 Å². The summed E-state index contributed by atoms with van der Waals surface area (Å²) in [5.74, 6) is 0.984. The van der Waals surface area contributed by atoms with Crippen LogP contribution in [-0.2, 0) is 7.05 Å². The average molecular weight is 85.1 g/mol. The number of aromatic amines is 1. The number of aromatic nitrogens is 3. The van der Waals surface area contributed by atoms with Gasteiger partial charge in [-0.15, -0.1) is 5.10 Å². The third-order valence-corrected chi connectivity index (χ3v) is 0.624. The van der Waals surface area contributed by atoms with E-state index >= 15 is 0 Å². The fraction of sp³-hybridized carbons (Fsp3) is 0.667. The van der Waals surface area contributed by atoms with Crippen LogP contribution in [0.2, 0.25) is 0 Å².